The molecule has 2 aromatic heterocycles. The Hall–Kier alpha value is -2.62. The maximum Gasteiger partial charge on any atom is 0.214 e. The van der Waals surface area contributed by atoms with Gasteiger partial charge in [0.25, 0.3) is 0 Å². The number of pyridine rings is 1. The Morgan fingerprint density at radius 1 is 1.21 bits per heavy atom. The average Bonchev–Trinajstić information content (AvgIpc) is 3.06. The Kier molecular flexibility index (Phi) is 3.81. The number of nitrogens with zero attached hydrogens (tertiary/aromatic N) is 2. The second kappa shape index (κ2) is 6.11. The first-order valence-corrected chi connectivity index (χ1v) is 8.42. The largest absolute Gasteiger partial charge is 0.360 e. The number of para-hydroxylation sites is 1. The van der Waals surface area contributed by atoms with Gasteiger partial charge in [0.15, 0.2) is 0 Å². The highest BCUT2D eigenvalue weighted by Crippen LogP contribution is 2.31. The zero-order chi connectivity index (χ0) is 16.5. The monoisotopic (exact) mass is 321 g/mol. The summed E-state index contributed by atoms with van der Waals surface area (Å²) in [6, 6.07) is 11.4. The molecule has 3 heterocycles. The van der Waals surface area contributed by atoms with Crippen LogP contribution in [0.2, 0.25) is 0 Å². The van der Waals surface area contributed by atoms with E-state index in [1.807, 2.05) is 6.07 Å². The summed E-state index contributed by atoms with van der Waals surface area (Å²) in [4.78, 5) is 9.53. The highest BCUT2D eigenvalue weighted by atomic mass is 19.1. The van der Waals surface area contributed by atoms with Crippen molar-refractivity contribution in [3.05, 3.63) is 65.7 Å². The highest BCUT2D eigenvalue weighted by molar-refractivity contribution is 5.94. The molecule has 1 aliphatic rings. The van der Waals surface area contributed by atoms with E-state index in [0.717, 1.165) is 25.9 Å². The molecule has 3 aromatic rings. The Balaban J connectivity index is 1.63. The lowest BCUT2D eigenvalue weighted by Gasteiger charge is -2.27. The van der Waals surface area contributed by atoms with Crippen LogP contribution in [0.5, 0.6) is 0 Å². The van der Waals surface area contributed by atoms with Gasteiger partial charge < -0.3 is 9.88 Å². The van der Waals surface area contributed by atoms with E-state index >= 15 is 0 Å². The van der Waals surface area contributed by atoms with Crippen LogP contribution >= 0.6 is 0 Å². The molecule has 0 atom stereocenters. The van der Waals surface area contributed by atoms with E-state index in [0.29, 0.717) is 5.82 Å². The molecule has 1 aromatic carbocycles. The SMILES string of the molecule is CCc1cccc2c(C3=CCN(c4cccc(F)n4)CC3)c[nH]c12. The molecule has 0 saturated heterocycles. The second-order valence-corrected chi connectivity index (χ2v) is 6.14. The molecule has 0 unspecified atom stereocenters. The van der Waals surface area contributed by atoms with Crippen LogP contribution in [0, 0.1) is 5.95 Å². The molecule has 3 nitrogen and oxygen atoms in total. The van der Waals surface area contributed by atoms with Gasteiger partial charge >= 0.3 is 0 Å². The summed E-state index contributed by atoms with van der Waals surface area (Å²) in [6.07, 6.45) is 6.31. The zero-order valence-electron chi connectivity index (χ0n) is 13.7. The van der Waals surface area contributed by atoms with Crippen molar-refractivity contribution in [2.75, 3.05) is 18.0 Å². The lowest BCUT2D eigenvalue weighted by molar-refractivity contribution is 0.581. The van der Waals surface area contributed by atoms with E-state index in [2.05, 4.69) is 52.3 Å². The zero-order valence-corrected chi connectivity index (χ0v) is 13.7. The van der Waals surface area contributed by atoms with E-state index in [1.54, 1.807) is 6.07 Å². The number of H-pyrrole nitrogens is 1. The quantitative estimate of drug-likeness (QED) is 0.717. The summed E-state index contributed by atoms with van der Waals surface area (Å²) in [5.41, 5.74) is 5.22. The molecule has 0 fully saturated rings. The first kappa shape index (κ1) is 14.9. The van der Waals surface area contributed by atoms with Crippen LogP contribution < -0.4 is 4.90 Å². The van der Waals surface area contributed by atoms with Crippen LogP contribution in [0.4, 0.5) is 10.2 Å². The van der Waals surface area contributed by atoms with E-state index in [4.69, 9.17) is 0 Å². The number of hydrogen-bond donors (Lipinski definition) is 1. The maximum absolute atomic E-state index is 13.3. The molecular weight excluding hydrogens is 301 g/mol. The van der Waals surface area contributed by atoms with Crippen LogP contribution in [-0.2, 0) is 6.42 Å². The van der Waals surface area contributed by atoms with Crippen LogP contribution in [0.1, 0.15) is 24.5 Å². The fourth-order valence-corrected chi connectivity index (χ4v) is 3.47. The number of aryl methyl sites for hydroxylation is 1. The molecule has 0 radical (unpaired) electrons. The molecule has 4 heteroatoms. The normalized spacial score (nSPS) is 14.9. The van der Waals surface area contributed by atoms with Gasteiger partial charge in [-0.05, 0) is 36.1 Å². The molecule has 24 heavy (non-hydrogen) atoms. The van der Waals surface area contributed by atoms with Gasteiger partial charge in [-0.2, -0.15) is 4.39 Å². The summed E-state index contributed by atoms with van der Waals surface area (Å²) in [6.45, 7) is 3.79. The molecule has 1 aliphatic heterocycles. The number of fused-ring (bicyclic) bond motifs is 1. The molecule has 4 rings (SSSR count). The Morgan fingerprint density at radius 3 is 2.83 bits per heavy atom. The molecule has 1 N–H and O–H groups in total. The third-order valence-corrected chi connectivity index (χ3v) is 4.76. The highest BCUT2D eigenvalue weighted by Gasteiger charge is 2.17. The average molecular weight is 321 g/mol. The number of anilines is 1. The number of halogens is 1. The van der Waals surface area contributed by atoms with E-state index in [9.17, 15) is 4.39 Å². The molecule has 0 amide bonds. The van der Waals surface area contributed by atoms with Crippen molar-refractivity contribution < 1.29 is 4.39 Å². The van der Waals surface area contributed by atoms with Crippen LogP contribution in [0.25, 0.3) is 16.5 Å². The van der Waals surface area contributed by atoms with Gasteiger partial charge in [0.05, 0.1) is 0 Å². The summed E-state index contributed by atoms with van der Waals surface area (Å²) in [5, 5.41) is 1.29. The minimum absolute atomic E-state index is 0.425. The van der Waals surface area contributed by atoms with Crippen molar-refractivity contribution in [1.29, 1.82) is 0 Å². The molecular formula is C20H20FN3. The van der Waals surface area contributed by atoms with Crippen molar-refractivity contribution in [3.63, 3.8) is 0 Å². The van der Waals surface area contributed by atoms with E-state index in [1.165, 1.54) is 33.7 Å². The maximum atomic E-state index is 13.3. The number of benzene rings is 1. The minimum atomic E-state index is -0.425. The van der Waals surface area contributed by atoms with Crippen molar-refractivity contribution in [3.8, 4) is 0 Å². The van der Waals surface area contributed by atoms with Crippen LogP contribution in [-0.4, -0.2) is 23.1 Å². The smallest absolute Gasteiger partial charge is 0.214 e. The van der Waals surface area contributed by atoms with Crippen LogP contribution in [0.15, 0.2) is 48.7 Å². The standard InChI is InChI=1S/C20H20FN3/c1-2-14-5-3-6-16-17(13-22-20(14)16)15-9-11-24(12-10-15)19-8-4-7-18(21)23-19/h3-9,13,22H,2,10-12H2,1H3. The van der Waals surface area contributed by atoms with Gasteiger partial charge in [0.2, 0.25) is 5.95 Å². The van der Waals surface area contributed by atoms with E-state index < -0.39 is 5.95 Å². The lowest BCUT2D eigenvalue weighted by atomic mass is 9.97. The van der Waals surface area contributed by atoms with Crippen LogP contribution in [0.3, 0.4) is 0 Å². The third kappa shape index (κ3) is 2.58. The Morgan fingerprint density at radius 2 is 2.08 bits per heavy atom. The third-order valence-electron chi connectivity index (χ3n) is 4.76. The molecule has 0 saturated carbocycles. The van der Waals surface area contributed by atoms with Gasteiger partial charge in [-0.25, -0.2) is 4.98 Å². The van der Waals surface area contributed by atoms with Crippen molar-refractivity contribution in [2.45, 2.75) is 19.8 Å². The molecule has 122 valence electrons. The van der Waals surface area contributed by atoms with Crippen molar-refractivity contribution in [1.82, 2.24) is 9.97 Å². The Labute approximate surface area is 140 Å². The van der Waals surface area contributed by atoms with Gasteiger partial charge in [0, 0.05) is 35.8 Å². The summed E-state index contributed by atoms with van der Waals surface area (Å²) in [7, 11) is 0. The molecule has 0 aliphatic carbocycles. The predicted octanol–water partition coefficient (Wildman–Crippen LogP) is 4.56. The number of rotatable bonds is 3. The van der Waals surface area contributed by atoms with Gasteiger partial charge in [-0.15, -0.1) is 0 Å². The fourth-order valence-electron chi connectivity index (χ4n) is 3.47. The summed E-state index contributed by atoms with van der Waals surface area (Å²) >= 11 is 0. The first-order chi connectivity index (χ1) is 11.8. The summed E-state index contributed by atoms with van der Waals surface area (Å²) in [5.74, 6) is 0.281. The second-order valence-electron chi connectivity index (χ2n) is 6.14. The number of aromatic amines is 1. The van der Waals surface area contributed by atoms with Gasteiger partial charge in [-0.1, -0.05) is 37.3 Å². The molecule has 0 spiro atoms. The minimum Gasteiger partial charge on any atom is -0.360 e. The lowest BCUT2D eigenvalue weighted by Crippen LogP contribution is -2.29. The molecule has 0 bridgehead atoms. The van der Waals surface area contributed by atoms with Crippen molar-refractivity contribution >= 4 is 22.3 Å². The predicted molar refractivity (Wildman–Crippen MR) is 96.7 cm³/mol. The van der Waals surface area contributed by atoms with E-state index in [-0.39, 0.29) is 0 Å². The Bertz CT molecular complexity index is 910. The first-order valence-electron chi connectivity index (χ1n) is 8.42. The van der Waals surface area contributed by atoms with Gasteiger partial charge in [0.1, 0.15) is 5.82 Å². The fraction of sp³-hybridized carbons (Fsp3) is 0.250. The summed E-state index contributed by atoms with van der Waals surface area (Å²) < 4.78 is 13.3. The van der Waals surface area contributed by atoms with Gasteiger partial charge in [-0.3, -0.25) is 0 Å². The number of aromatic nitrogens is 2. The number of hydrogen-bond acceptors (Lipinski definition) is 2. The number of nitrogens with one attached hydrogen (secondary N) is 1. The topological polar surface area (TPSA) is 31.9 Å². The van der Waals surface area contributed by atoms with Crippen molar-refractivity contribution in [2.24, 2.45) is 0 Å².